The molecule has 0 spiro atoms. The summed E-state index contributed by atoms with van der Waals surface area (Å²) in [6.45, 7) is 3.31. The Kier molecular flexibility index (Phi) is 5.98. The molecule has 5 nitrogen and oxygen atoms in total. The van der Waals surface area contributed by atoms with Crippen molar-refractivity contribution in [3.63, 3.8) is 0 Å². The van der Waals surface area contributed by atoms with Crippen molar-refractivity contribution in [2.45, 2.75) is 19.9 Å². The first-order valence-corrected chi connectivity index (χ1v) is 10.3. The maximum absolute atomic E-state index is 13.1. The number of rotatable bonds is 6. The number of benzene rings is 3. The zero-order chi connectivity index (χ0) is 21.8. The average Bonchev–Trinajstić information content (AvgIpc) is 3.21. The van der Waals surface area contributed by atoms with Crippen LogP contribution in [0.2, 0.25) is 0 Å². The number of ether oxygens (including phenoxy) is 1. The Morgan fingerprint density at radius 1 is 1.06 bits per heavy atom. The number of carbonyl (C=O) groups is 2. The molecule has 1 aliphatic rings. The molecule has 31 heavy (non-hydrogen) atoms. The van der Waals surface area contributed by atoms with Crippen molar-refractivity contribution in [2.75, 3.05) is 18.1 Å². The molecule has 0 fully saturated rings. The summed E-state index contributed by atoms with van der Waals surface area (Å²) in [4.78, 5) is 27.1. The summed E-state index contributed by atoms with van der Waals surface area (Å²) in [5, 5.41) is 2.94. The van der Waals surface area contributed by atoms with Gasteiger partial charge in [-0.1, -0.05) is 24.3 Å². The van der Waals surface area contributed by atoms with Gasteiger partial charge < -0.3 is 15.0 Å². The summed E-state index contributed by atoms with van der Waals surface area (Å²) in [6.07, 6.45) is 0.733. The van der Waals surface area contributed by atoms with Crippen LogP contribution in [0.5, 0.6) is 5.75 Å². The molecule has 0 aliphatic carbocycles. The molecule has 1 heterocycles. The summed E-state index contributed by atoms with van der Waals surface area (Å²) in [5.41, 5.74) is 3.82. The molecule has 0 bridgehead atoms. The molecule has 4 rings (SSSR count). The van der Waals surface area contributed by atoms with Gasteiger partial charge in [-0.2, -0.15) is 0 Å². The Morgan fingerprint density at radius 3 is 2.61 bits per heavy atom. The molecule has 3 aromatic carbocycles. The number of amides is 2. The molecular weight excluding hydrogens is 395 g/mol. The smallest absolute Gasteiger partial charge is 0.258 e. The van der Waals surface area contributed by atoms with Crippen molar-refractivity contribution in [1.29, 1.82) is 0 Å². The van der Waals surface area contributed by atoms with Crippen molar-refractivity contribution in [2.24, 2.45) is 0 Å². The van der Waals surface area contributed by atoms with Gasteiger partial charge in [0.1, 0.15) is 11.6 Å². The first kappa shape index (κ1) is 20.6. The van der Waals surface area contributed by atoms with Gasteiger partial charge in [0.15, 0.2) is 0 Å². The number of nitrogens with one attached hydrogen (secondary N) is 1. The number of hydrogen-bond acceptors (Lipinski definition) is 3. The van der Waals surface area contributed by atoms with Crippen molar-refractivity contribution in [3.8, 4) is 5.75 Å². The van der Waals surface area contributed by atoms with E-state index >= 15 is 0 Å². The number of fused-ring (bicyclic) bond motifs is 1. The largest absolute Gasteiger partial charge is 0.493 e. The van der Waals surface area contributed by atoms with Crippen LogP contribution in [0.25, 0.3) is 0 Å². The number of para-hydroxylation sites is 1. The highest BCUT2D eigenvalue weighted by Crippen LogP contribution is 2.30. The fourth-order valence-electron chi connectivity index (χ4n) is 3.74. The molecule has 1 aliphatic heterocycles. The van der Waals surface area contributed by atoms with Crippen LogP contribution in [-0.4, -0.2) is 25.0 Å². The molecule has 0 saturated heterocycles. The lowest BCUT2D eigenvalue weighted by Gasteiger charge is -2.18. The third kappa shape index (κ3) is 4.43. The van der Waals surface area contributed by atoms with Crippen LogP contribution in [-0.2, 0) is 13.0 Å². The van der Waals surface area contributed by atoms with Crippen LogP contribution in [0.15, 0.2) is 66.7 Å². The lowest BCUT2D eigenvalue weighted by atomic mass is 10.1. The topological polar surface area (TPSA) is 58.6 Å². The van der Waals surface area contributed by atoms with Crippen molar-refractivity contribution in [1.82, 2.24) is 5.32 Å². The van der Waals surface area contributed by atoms with E-state index in [1.165, 1.54) is 24.3 Å². The summed E-state index contributed by atoms with van der Waals surface area (Å²) >= 11 is 0. The van der Waals surface area contributed by atoms with E-state index in [4.69, 9.17) is 4.74 Å². The van der Waals surface area contributed by atoms with Crippen LogP contribution >= 0.6 is 0 Å². The van der Waals surface area contributed by atoms with E-state index in [2.05, 4.69) is 5.32 Å². The average molecular weight is 418 g/mol. The maximum Gasteiger partial charge on any atom is 0.258 e. The monoisotopic (exact) mass is 418 g/mol. The highest BCUT2D eigenvalue weighted by Gasteiger charge is 2.25. The summed E-state index contributed by atoms with van der Waals surface area (Å²) in [5.74, 6) is -0.148. The number of carbonyl (C=O) groups excluding carboxylic acids is 2. The Balaban J connectivity index is 1.44. The van der Waals surface area contributed by atoms with Gasteiger partial charge >= 0.3 is 0 Å². The number of halogens is 1. The van der Waals surface area contributed by atoms with E-state index in [-0.39, 0.29) is 17.6 Å². The minimum atomic E-state index is -0.367. The second-order valence-corrected chi connectivity index (χ2v) is 7.29. The highest BCUT2D eigenvalue weighted by molar-refractivity contribution is 6.07. The van der Waals surface area contributed by atoms with Gasteiger partial charge in [0.2, 0.25) is 0 Å². The minimum Gasteiger partial charge on any atom is -0.493 e. The summed E-state index contributed by atoms with van der Waals surface area (Å²) in [6, 6.07) is 18.6. The summed E-state index contributed by atoms with van der Waals surface area (Å²) < 4.78 is 18.7. The van der Waals surface area contributed by atoms with Gasteiger partial charge in [-0.15, -0.1) is 0 Å². The van der Waals surface area contributed by atoms with E-state index in [0.717, 1.165) is 23.2 Å². The van der Waals surface area contributed by atoms with Crippen LogP contribution < -0.4 is 15.0 Å². The third-order valence-electron chi connectivity index (χ3n) is 5.26. The first-order chi connectivity index (χ1) is 15.1. The Morgan fingerprint density at radius 2 is 1.84 bits per heavy atom. The van der Waals surface area contributed by atoms with E-state index in [9.17, 15) is 14.0 Å². The number of nitrogens with zero attached hydrogens (tertiary/aromatic N) is 1. The molecule has 0 unspecified atom stereocenters. The van der Waals surface area contributed by atoms with E-state index in [1.54, 1.807) is 23.1 Å². The highest BCUT2D eigenvalue weighted by atomic mass is 19.1. The molecule has 6 heteroatoms. The molecule has 0 saturated carbocycles. The van der Waals surface area contributed by atoms with Crippen LogP contribution in [0.3, 0.4) is 0 Å². The van der Waals surface area contributed by atoms with Crippen molar-refractivity contribution in [3.05, 3.63) is 94.8 Å². The molecule has 1 N–H and O–H groups in total. The van der Waals surface area contributed by atoms with Crippen LogP contribution in [0, 0.1) is 5.82 Å². The zero-order valence-corrected chi connectivity index (χ0v) is 17.2. The van der Waals surface area contributed by atoms with Gasteiger partial charge in [-0.25, -0.2) is 4.39 Å². The molecular formula is C25H23FN2O3. The van der Waals surface area contributed by atoms with E-state index < -0.39 is 0 Å². The van der Waals surface area contributed by atoms with Gasteiger partial charge in [-0.3, -0.25) is 9.59 Å². The second-order valence-electron chi connectivity index (χ2n) is 7.29. The lowest BCUT2D eigenvalue weighted by molar-refractivity contribution is 0.0945. The Bertz CT molecular complexity index is 1110. The summed E-state index contributed by atoms with van der Waals surface area (Å²) in [7, 11) is 0. The van der Waals surface area contributed by atoms with E-state index in [1.807, 2.05) is 31.2 Å². The second kappa shape index (κ2) is 9.00. The maximum atomic E-state index is 13.1. The van der Waals surface area contributed by atoms with Gasteiger partial charge in [-0.05, 0) is 66.9 Å². The standard InChI is InChI=1S/C25H23FN2O3/c1-2-31-23-6-4-3-5-21(23)24(29)27-16-17-7-12-22-19(15-17)13-14-28(22)25(30)18-8-10-20(26)11-9-18/h3-12,15H,2,13-14,16H2,1H3,(H,27,29). The van der Waals surface area contributed by atoms with Crippen LogP contribution in [0.1, 0.15) is 38.8 Å². The fourth-order valence-corrected chi connectivity index (χ4v) is 3.74. The SMILES string of the molecule is CCOc1ccccc1C(=O)NCc1ccc2c(c1)CCN2C(=O)c1ccc(F)cc1. The van der Waals surface area contributed by atoms with Crippen molar-refractivity contribution >= 4 is 17.5 Å². The van der Waals surface area contributed by atoms with Gasteiger partial charge in [0.25, 0.3) is 11.8 Å². The Hall–Kier alpha value is -3.67. The number of anilines is 1. The third-order valence-corrected chi connectivity index (χ3v) is 5.26. The van der Waals surface area contributed by atoms with E-state index in [0.29, 0.717) is 36.6 Å². The molecule has 158 valence electrons. The fraction of sp³-hybridized carbons (Fsp3) is 0.200. The quantitative estimate of drug-likeness (QED) is 0.647. The molecule has 0 atom stereocenters. The van der Waals surface area contributed by atoms with Crippen LogP contribution in [0.4, 0.5) is 10.1 Å². The zero-order valence-electron chi connectivity index (χ0n) is 17.2. The predicted octanol–water partition coefficient (Wildman–Crippen LogP) is 4.36. The minimum absolute atomic E-state index is 0.146. The molecule has 0 radical (unpaired) electrons. The Labute approximate surface area is 180 Å². The molecule has 0 aromatic heterocycles. The van der Waals surface area contributed by atoms with Crippen molar-refractivity contribution < 1.29 is 18.7 Å². The molecule has 3 aromatic rings. The van der Waals surface area contributed by atoms with Gasteiger partial charge in [0.05, 0.1) is 12.2 Å². The predicted molar refractivity (Wildman–Crippen MR) is 117 cm³/mol. The molecule has 2 amide bonds. The number of hydrogen-bond donors (Lipinski definition) is 1. The lowest BCUT2D eigenvalue weighted by Crippen LogP contribution is -2.28. The van der Waals surface area contributed by atoms with Gasteiger partial charge in [0, 0.05) is 24.3 Å². The first-order valence-electron chi connectivity index (χ1n) is 10.3. The normalized spacial score (nSPS) is 12.4.